The van der Waals surface area contributed by atoms with E-state index in [1.54, 1.807) is 0 Å². The fourth-order valence-electron chi connectivity index (χ4n) is 2.56. The van der Waals surface area contributed by atoms with Crippen molar-refractivity contribution in [2.75, 3.05) is 19.7 Å². The number of nitrogens with zero attached hydrogens (tertiary/aromatic N) is 1. The van der Waals surface area contributed by atoms with Gasteiger partial charge in [0, 0.05) is 12.6 Å². The molecule has 2 N–H and O–H groups in total. The third kappa shape index (κ3) is 5.04. The first-order chi connectivity index (χ1) is 8.15. The Balaban J connectivity index is 2.16. The number of aliphatic hydroxyl groups is 1. The van der Waals surface area contributed by atoms with Crippen LogP contribution in [0.2, 0.25) is 0 Å². The third-order valence-electron chi connectivity index (χ3n) is 3.72. The van der Waals surface area contributed by atoms with Crippen molar-refractivity contribution in [3.63, 3.8) is 0 Å². The highest BCUT2D eigenvalue weighted by atomic mass is 16.4. The van der Waals surface area contributed by atoms with E-state index in [1.165, 1.54) is 0 Å². The number of hydrogen-bond acceptors (Lipinski definition) is 3. The van der Waals surface area contributed by atoms with Gasteiger partial charge in [-0.05, 0) is 45.7 Å². The number of rotatable bonds is 7. The largest absolute Gasteiger partial charge is 0.481 e. The Bertz CT molecular complexity index is 233. The van der Waals surface area contributed by atoms with Gasteiger partial charge in [-0.25, -0.2) is 0 Å². The fourth-order valence-corrected chi connectivity index (χ4v) is 2.56. The van der Waals surface area contributed by atoms with Gasteiger partial charge in [-0.15, -0.1) is 0 Å². The van der Waals surface area contributed by atoms with Gasteiger partial charge in [0.2, 0.25) is 0 Å². The van der Waals surface area contributed by atoms with E-state index < -0.39 is 5.97 Å². The van der Waals surface area contributed by atoms with Crippen LogP contribution in [0.25, 0.3) is 0 Å². The number of carboxylic acids is 1. The van der Waals surface area contributed by atoms with Crippen molar-refractivity contribution in [3.05, 3.63) is 0 Å². The van der Waals surface area contributed by atoms with Crippen LogP contribution in [0.4, 0.5) is 0 Å². The minimum Gasteiger partial charge on any atom is -0.481 e. The SMILES string of the molecule is CC1CC(C(=O)O)CCN1CCCCCCO. The van der Waals surface area contributed by atoms with Crippen molar-refractivity contribution in [3.8, 4) is 0 Å². The predicted molar refractivity (Wildman–Crippen MR) is 66.9 cm³/mol. The monoisotopic (exact) mass is 243 g/mol. The van der Waals surface area contributed by atoms with Gasteiger partial charge in [0.1, 0.15) is 0 Å². The van der Waals surface area contributed by atoms with Crippen LogP contribution >= 0.6 is 0 Å². The molecule has 0 aromatic heterocycles. The molecule has 100 valence electrons. The van der Waals surface area contributed by atoms with E-state index in [9.17, 15) is 4.79 Å². The zero-order chi connectivity index (χ0) is 12.7. The predicted octanol–water partition coefficient (Wildman–Crippen LogP) is 1.72. The van der Waals surface area contributed by atoms with E-state index in [0.29, 0.717) is 12.6 Å². The molecule has 0 saturated carbocycles. The minimum atomic E-state index is -0.639. The van der Waals surface area contributed by atoms with Crippen molar-refractivity contribution in [2.45, 2.75) is 51.5 Å². The maximum atomic E-state index is 10.9. The molecule has 0 radical (unpaired) electrons. The Hall–Kier alpha value is -0.610. The Morgan fingerprint density at radius 2 is 2.00 bits per heavy atom. The lowest BCUT2D eigenvalue weighted by atomic mass is 9.91. The fraction of sp³-hybridized carbons (Fsp3) is 0.923. The lowest BCUT2D eigenvalue weighted by molar-refractivity contribution is -0.144. The normalized spacial score (nSPS) is 26.0. The average Bonchev–Trinajstić information content (AvgIpc) is 2.30. The van der Waals surface area contributed by atoms with Crippen LogP contribution in [-0.2, 0) is 4.79 Å². The van der Waals surface area contributed by atoms with Crippen LogP contribution in [0.3, 0.4) is 0 Å². The smallest absolute Gasteiger partial charge is 0.306 e. The molecule has 0 bridgehead atoms. The Morgan fingerprint density at radius 1 is 1.29 bits per heavy atom. The highest BCUT2D eigenvalue weighted by molar-refractivity contribution is 5.70. The summed E-state index contributed by atoms with van der Waals surface area (Å²) in [6, 6.07) is 0.391. The van der Waals surface area contributed by atoms with E-state index in [2.05, 4.69) is 11.8 Å². The quantitative estimate of drug-likeness (QED) is 0.668. The first kappa shape index (κ1) is 14.5. The second kappa shape index (κ2) is 7.67. The number of aliphatic hydroxyl groups excluding tert-OH is 1. The first-order valence-corrected chi connectivity index (χ1v) is 6.73. The van der Waals surface area contributed by atoms with Crippen LogP contribution < -0.4 is 0 Å². The first-order valence-electron chi connectivity index (χ1n) is 6.73. The molecule has 2 atom stereocenters. The van der Waals surface area contributed by atoms with Crippen molar-refractivity contribution < 1.29 is 15.0 Å². The molecule has 1 aliphatic heterocycles. The molecule has 1 rings (SSSR count). The van der Waals surface area contributed by atoms with Crippen LogP contribution in [0.1, 0.15) is 45.4 Å². The molecule has 1 saturated heterocycles. The topological polar surface area (TPSA) is 60.8 Å². The van der Waals surface area contributed by atoms with Crippen LogP contribution in [0, 0.1) is 5.92 Å². The number of aliphatic carboxylic acids is 1. The van der Waals surface area contributed by atoms with Crippen LogP contribution in [0.15, 0.2) is 0 Å². The second-order valence-corrected chi connectivity index (χ2v) is 5.08. The number of piperidine rings is 1. The summed E-state index contributed by atoms with van der Waals surface area (Å²) >= 11 is 0. The Morgan fingerprint density at radius 3 is 2.59 bits per heavy atom. The lowest BCUT2D eigenvalue weighted by Crippen LogP contribution is -2.43. The average molecular weight is 243 g/mol. The molecule has 0 spiro atoms. The van der Waals surface area contributed by atoms with Crippen molar-refractivity contribution in [1.82, 2.24) is 4.90 Å². The van der Waals surface area contributed by atoms with Crippen molar-refractivity contribution in [2.24, 2.45) is 5.92 Å². The molecular weight excluding hydrogens is 218 g/mol. The summed E-state index contributed by atoms with van der Waals surface area (Å²) in [6.45, 7) is 4.40. The van der Waals surface area contributed by atoms with Crippen molar-refractivity contribution >= 4 is 5.97 Å². The molecule has 1 fully saturated rings. The highest BCUT2D eigenvalue weighted by Gasteiger charge is 2.28. The van der Waals surface area contributed by atoms with Gasteiger partial charge in [-0.3, -0.25) is 4.79 Å². The standard InChI is InChI=1S/C13H25NO3/c1-11-10-12(13(16)17)6-8-14(11)7-4-2-3-5-9-15/h11-12,15H,2-10H2,1H3,(H,16,17). The van der Waals surface area contributed by atoms with Gasteiger partial charge in [0.15, 0.2) is 0 Å². The molecule has 0 aromatic rings. The summed E-state index contributed by atoms with van der Waals surface area (Å²) in [5.41, 5.74) is 0. The third-order valence-corrected chi connectivity index (χ3v) is 3.72. The van der Waals surface area contributed by atoms with Gasteiger partial charge in [-0.1, -0.05) is 12.8 Å². The molecule has 0 amide bonds. The number of carbonyl (C=O) groups is 1. The summed E-state index contributed by atoms with van der Waals surface area (Å²) in [5.74, 6) is -0.782. The molecule has 1 heterocycles. The Labute approximate surface area is 104 Å². The summed E-state index contributed by atoms with van der Waals surface area (Å²) in [4.78, 5) is 13.3. The van der Waals surface area contributed by atoms with E-state index in [4.69, 9.17) is 10.2 Å². The second-order valence-electron chi connectivity index (χ2n) is 5.08. The number of hydrogen-bond donors (Lipinski definition) is 2. The van der Waals surface area contributed by atoms with E-state index in [-0.39, 0.29) is 5.92 Å². The maximum Gasteiger partial charge on any atom is 0.306 e. The van der Waals surface area contributed by atoms with E-state index >= 15 is 0 Å². The number of carboxylic acid groups (broad SMARTS) is 1. The van der Waals surface area contributed by atoms with Crippen LogP contribution in [0.5, 0.6) is 0 Å². The molecule has 17 heavy (non-hydrogen) atoms. The molecule has 1 aliphatic rings. The zero-order valence-corrected chi connectivity index (χ0v) is 10.8. The van der Waals surface area contributed by atoms with Gasteiger partial charge in [-0.2, -0.15) is 0 Å². The zero-order valence-electron chi connectivity index (χ0n) is 10.8. The summed E-state index contributed by atoms with van der Waals surface area (Å²) in [5, 5.41) is 17.6. The molecule has 0 aromatic carbocycles. The maximum absolute atomic E-state index is 10.9. The van der Waals surface area contributed by atoms with Crippen LogP contribution in [-0.4, -0.2) is 46.8 Å². The highest BCUT2D eigenvalue weighted by Crippen LogP contribution is 2.23. The van der Waals surface area contributed by atoms with Gasteiger partial charge in [0.25, 0.3) is 0 Å². The summed E-state index contributed by atoms with van der Waals surface area (Å²) < 4.78 is 0. The van der Waals surface area contributed by atoms with E-state index in [0.717, 1.165) is 51.6 Å². The molecule has 0 aliphatic carbocycles. The van der Waals surface area contributed by atoms with Gasteiger partial charge < -0.3 is 15.1 Å². The van der Waals surface area contributed by atoms with Crippen molar-refractivity contribution in [1.29, 1.82) is 0 Å². The summed E-state index contributed by atoms with van der Waals surface area (Å²) in [6.07, 6.45) is 5.88. The Kier molecular flexibility index (Phi) is 6.52. The molecule has 4 heteroatoms. The summed E-state index contributed by atoms with van der Waals surface area (Å²) in [7, 11) is 0. The number of unbranched alkanes of at least 4 members (excludes halogenated alkanes) is 3. The van der Waals surface area contributed by atoms with E-state index in [1.807, 2.05) is 0 Å². The molecule has 2 unspecified atom stereocenters. The molecular formula is C13H25NO3. The van der Waals surface area contributed by atoms with Gasteiger partial charge in [0.05, 0.1) is 5.92 Å². The minimum absolute atomic E-state index is 0.143. The molecule has 4 nitrogen and oxygen atoms in total. The number of likely N-dealkylation sites (tertiary alicyclic amines) is 1. The lowest BCUT2D eigenvalue weighted by Gasteiger charge is -2.36. The van der Waals surface area contributed by atoms with Gasteiger partial charge >= 0.3 is 5.97 Å².